The molecule has 1 amide bonds. The summed E-state index contributed by atoms with van der Waals surface area (Å²) in [5.74, 6) is 0.900. The fraction of sp³-hybridized carbons (Fsp3) is 0.474. The van der Waals surface area contributed by atoms with E-state index in [0.29, 0.717) is 28.9 Å². The number of nitrogens with one attached hydrogen (secondary N) is 2. The van der Waals surface area contributed by atoms with Gasteiger partial charge in [0.1, 0.15) is 17.2 Å². The first kappa shape index (κ1) is 21.9. The Bertz CT molecular complexity index is 728. The first-order valence-electron chi connectivity index (χ1n) is 8.79. The summed E-state index contributed by atoms with van der Waals surface area (Å²) in [6.07, 6.45) is 3.43. The minimum atomic E-state index is -0.209. The van der Waals surface area contributed by atoms with Crippen LogP contribution in [0.4, 0.5) is 11.6 Å². The molecule has 142 valence electrons. The molecule has 0 fully saturated rings. The van der Waals surface area contributed by atoms with Gasteiger partial charge in [-0.25, -0.2) is 15.0 Å². The average Bonchev–Trinajstić information content (AvgIpc) is 2.63. The number of rotatable bonds is 5. The van der Waals surface area contributed by atoms with Gasteiger partial charge in [-0.2, -0.15) is 0 Å². The third-order valence-corrected chi connectivity index (χ3v) is 3.86. The Hall–Kier alpha value is -2.15. The number of aromatic nitrogens is 3. The molecule has 2 aromatic heterocycles. The van der Waals surface area contributed by atoms with Gasteiger partial charge in [-0.1, -0.05) is 52.4 Å². The van der Waals surface area contributed by atoms with Crippen LogP contribution < -0.4 is 10.6 Å². The molecule has 26 heavy (non-hydrogen) atoms. The smallest absolute Gasteiger partial charge is 0.256 e. The van der Waals surface area contributed by atoms with Crippen molar-refractivity contribution in [1.82, 2.24) is 20.3 Å². The molecule has 0 atom stereocenters. The average molecular weight is 376 g/mol. The van der Waals surface area contributed by atoms with Gasteiger partial charge in [0.05, 0.1) is 0 Å². The van der Waals surface area contributed by atoms with Gasteiger partial charge in [0, 0.05) is 23.9 Å². The fourth-order valence-electron chi connectivity index (χ4n) is 2.02. The van der Waals surface area contributed by atoms with Crippen LogP contribution >= 0.6 is 11.8 Å². The van der Waals surface area contributed by atoms with Gasteiger partial charge in [-0.05, 0) is 25.3 Å². The lowest BCUT2D eigenvalue weighted by Gasteiger charge is -2.19. The molecule has 0 aliphatic carbocycles. The summed E-state index contributed by atoms with van der Waals surface area (Å²) in [7, 11) is 0. The van der Waals surface area contributed by atoms with E-state index in [1.807, 2.05) is 45.2 Å². The molecule has 0 aliphatic heterocycles. The lowest BCUT2D eigenvalue weighted by molar-refractivity contribution is 0.0956. The monoisotopic (exact) mass is 375 g/mol. The number of hydrogen-bond acceptors (Lipinski definition) is 6. The molecule has 0 saturated carbocycles. The largest absolute Gasteiger partial charge is 0.352 e. The second kappa shape index (κ2) is 10.1. The van der Waals surface area contributed by atoms with Gasteiger partial charge in [0.15, 0.2) is 5.16 Å². The molecule has 7 heteroatoms. The van der Waals surface area contributed by atoms with Crippen LogP contribution in [-0.4, -0.2) is 33.7 Å². The highest BCUT2D eigenvalue weighted by molar-refractivity contribution is 7.98. The van der Waals surface area contributed by atoms with E-state index in [1.165, 1.54) is 11.8 Å². The molecule has 2 aromatic rings. The van der Waals surface area contributed by atoms with Gasteiger partial charge >= 0.3 is 0 Å². The van der Waals surface area contributed by atoms with E-state index in [1.54, 1.807) is 6.20 Å². The molecule has 0 radical (unpaired) electrons. The summed E-state index contributed by atoms with van der Waals surface area (Å²) < 4.78 is 0. The number of carbonyl (C=O) groups is 1. The van der Waals surface area contributed by atoms with Gasteiger partial charge in [0.25, 0.3) is 5.91 Å². The number of amides is 1. The zero-order valence-corrected chi connectivity index (χ0v) is 17.5. The standard InChI is InChI=1S/C17H23N5OS.C2H6/c1-6-18-15(23)11-10-19-16(24-5)22-14(11)21-13-9-7-8-12(20-13)17(2,3)4;1-2/h7-10H,6H2,1-5H3,(H,18,23)(H,19,20,21,22);1-2H3. The van der Waals surface area contributed by atoms with Crippen molar-refractivity contribution in [3.05, 3.63) is 35.7 Å². The Morgan fingerprint density at radius 1 is 1.19 bits per heavy atom. The zero-order valence-electron chi connectivity index (χ0n) is 16.7. The second-order valence-electron chi connectivity index (χ2n) is 6.26. The van der Waals surface area contributed by atoms with E-state index in [4.69, 9.17) is 0 Å². The highest BCUT2D eigenvalue weighted by atomic mass is 32.2. The molecule has 6 nitrogen and oxygen atoms in total. The number of nitrogens with zero attached hydrogens (tertiary/aromatic N) is 3. The third-order valence-electron chi connectivity index (χ3n) is 3.30. The molecule has 0 spiro atoms. The van der Waals surface area contributed by atoms with Crippen molar-refractivity contribution in [3.63, 3.8) is 0 Å². The zero-order chi connectivity index (χ0) is 19.7. The molecular weight excluding hydrogens is 346 g/mol. The van der Waals surface area contributed by atoms with E-state index in [0.717, 1.165) is 5.69 Å². The van der Waals surface area contributed by atoms with Crippen molar-refractivity contribution in [2.24, 2.45) is 0 Å². The molecule has 2 N–H and O–H groups in total. The summed E-state index contributed by atoms with van der Waals surface area (Å²) in [5, 5.41) is 6.53. The van der Waals surface area contributed by atoms with Crippen LogP contribution in [0, 0.1) is 0 Å². The quantitative estimate of drug-likeness (QED) is 0.595. The number of thioether (sulfide) groups is 1. The maximum atomic E-state index is 12.2. The van der Waals surface area contributed by atoms with Crippen molar-refractivity contribution in [1.29, 1.82) is 0 Å². The first-order chi connectivity index (χ1) is 12.3. The van der Waals surface area contributed by atoms with Crippen molar-refractivity contribution < 1.29 is 4.79 Å². The van der Waals surface area contributed by atoms with Crippen molar-refractivity contribution in [2.75, 3.05) is 18.1 Å². The number of anilines is 2. The second-order valence-corrected chi connectivity index (χ2v) is 7.03. The summed E-state index contributed by atoms with van der Waals surface area (Å²) in [6.45, 7) is 12.7. The number of pyridine rings is 1. The Morgan fingerprint density at radius 3 is 2.46 bits per heavy atom. The highest BCUT2D eigenvalue weighted by Crippen LogP contribution is 2.24. The van der Waals surface area contributed by atoms with Crippen LogP contribution in [0.25, 0.3) is 0 Å². The molecule has 2 rings (SSSR count). The maximum Gasteiger partial charge on any atom is 0.256 e. The van der Waals surface area contributed by atoms with Crippen LogP contribution in [0.1, 0.15) is 57.6 Å². The SMILES string of the molecule is CC.CCNC(=O)c1cnc(SC)nc1Nc1cccc(C(C)(C)C)n1. The Labute approximate surface area is 160 Å². The van der Waals surface area contributed by atoms with E-state index < -0.39 is 0 Å². The minimum absolute atomic E-state index is 0.0593. The Balaban J connectivity index is 0.00000163. The lowest BCUT2D eigenvalue weighted by atomic mass is 9.92. The van der Waals surface area contributed by atoms with E-state index >= 15 is 0 Å². The van der Waals surface area contributed by atoms with E-state index in [9.17, 15) is 4.79 Å². The predicted molar refractivity (Wildman–Crippen MR) is 109 cm³/mol. The van der Waals surface area contributed by atoms with Crippen LogP contribution in [0.3, 0.4) is 0 Å². The first-order valence-corrected chi connectivity index (χ1v) is 10.0. The molecule has 2 heterocycles. The fourth-order valence-corrected chi connectivity index (χ4v) is 2.37. The van der Waals surface area contributed by atoms with Crippen LogP contribution in [0.2, 0.25) is 0 Å². The van der Waals surface area contributed by atoms with Crippen molar-refractivity contribution in [2.45, 2.75) is 52.1 Å². The summed E-state index contributed by atoms with van der Waals surface area (Å²) in [4.78, 5) is 25.5. The maximum absolute atomic E-state index is 12.2. The highest BCUT2D eigenvalue weighted by Gasteiger charge is 2.18. The van der Waals surface area contributed by atoms with Gasteiger partial charge in [-0.15, -0.1) is 0 Å². The van der Waals surface area contributed by atoms with Gasteiger partial charge < -0.3 is 10.6 Å². The summed E-state index contributed by atoms with van der Waals surface area (Å²) in [6, 6.07) is 5.79. The summed E-state index contributed by atoms with van der Waals surface area (Å²) in [5.41, 5.74) is 1.31. The van der Waals surface area contributed by atoms with Gasteiger partial charge in [0.2, 0.25) is 0 Å². The Morgan fingerprint density at radius 2 is 1.88 bits per heavy atom. The molecular formula is C19H29N5OS. The summed E-state index contributed by atoms with van der Waals surface area (Å²) >= 11 is 1.42. The van der Waals surface area contributed by atoms with E-state index in [2.05, 4.69) is 46.4 Å². The van der Waals surface area contributed by atoms with Crippen LogP contribution in [-0.2, 0) is 5.41 Å². The predicted octanol–water partition coefficient (Wildman–Crippen LogP) is 4.41. The minimum Gasteiger partial charge on any atom is -0.352 e. The lowest BCUT2D eigenvalue weighted by Crippen LogP contribution is -2.24. The van der Waals surface area contributed by atoms with Crippen molar-refractivity contribution >= 4 is 29.3 Å². The molecule has 0 bridgehead atoms. The molecule has 0 aromatic carbocycles. The number of hydrogen-bond donors (Lipinski definition) is 2. The molecule has 0 saturated heterocycles. The molecule has 0 aliphatic rings. The third kappa shape index (κ3) is 5.98. The van der Waals surface area contributed by atoms with Gasteiger partial charge in [-0.3, -0.25) is 4.79 Å². The topological polar surface area (TPSA) is 79.8 Å². The normalized spacial score (nSPS) is 10.6. The molecule has 0 unspecified atom stereocenters. The Kier molecular flexibility index (Phi) is 8.51. The number of carbonyl (C=O) groups excluding carboxylic acids is 1. The van der Waals surface area contributed by atoms with Crippen molar-refractivity contribution in [3.8, 4) is 0 Å². The van der Waals surface area contributed by atoms with Crippen LogP contribution in [0.15, 0.2) is 29.6 Å². The van der Waals surface area contributed by atoms with Crippen LogP contribution in [0.5, 0.6) is 0 Å². The van der Waals surface area contributed by atoms with E-state index in [-0.39, 0.29) is 11.3 Å².